The minimum atomic E-state index is -0.629. The van der Waals surface area contributed by atoms with Gasteiger partial charge in [0.15, 0.2) is 5.82 Å². The fourth-order valence-corrected chi connectivity index (χ4v) is 3.32. The van der Waals surface area contributed by atoms with Gasteiger partial charge >= 0.3 is 0 Å². The Kier molecular flexibility index (Phi) is 7.09. The lowest BCUT2D eigenvalue weighted by atomic mass is 9.78. The largest absolute Gasteiger partial charge is 0.206 e. The molecule has 1 nitrogen and oxygen atoms in total. The lowest BCUT2D eigenvalue weighted by Crippen LogP contribution is -2.15. The van der Waals surface area contributed by atoms with Crippen LogP contribution in [0.5, 0.6) is 0 Å². The highest BCUT2D eigenvalue weighted by Crippen LogP contribution is 2.33. The van der Waals surface area contributed by atoms with Crippen LogP contribution in [0.4, 0.5) is 14.5 Å². The maximum absolute atomic E-state index is 14.0. The van der Waals surface area contributed by atoms with Crippen molar-refractivity contribution >= 4 is 23.1 Å². The van der Waals surface area contributed by atoms with Gasteiger partial charge < -0.3 is 0 Å². The third-order valence-electron chi connectivity index (χ3n) is 4.89. The number of halogens is 2. The van der Waals surface area contributed by atoms with Gasteiger partial charge in [-0.2, -0.15) is 4.99 Å². The van der Waals surface area contributed by atoms with Crippen LogP contribution in [-0.2, 0) is 0 Å². The molecule has 0 radical (unpaired) electrons. The van der Waals surface area contributed by atoms with Crippen LogP contribution >= 0.6 is 12.2 Å². The van der Waals surface area contributed by atoms with E-state index in [2.05, 4.69) is 42.9 Å². The van der Waals surface area contributed by atoms with E-state index >= 15 is 0 Å². The van der Waals surface area contributed by atoms with Crippen molar-refractivity contribution in [1.29, 1.82) is 0 Å². The number of benzene rings is 1. The van der Waals surface area contributed by atoms with Crippen LogP contribution in [0.3, 0.4) is 0 Å². The van der Waals surface area contributed by atoms with Gasteiger partial charge in [0.2, 0.25) is 0 Å². The van der Waals surface area contributed by atoms with E-state index in [4.69, 9.17) is 0 Å². The predicted octanol–water partition coefficient (Wildman–Crippen LogP) is 6.29. The van der Waals surface area contributed by atoms with Crippen LogP contribution in [0.1, 0.15) is 57.9 Å². The molecule has 1 unspecified atom stereocenters. The summed E-state index contributed by atoms with van der Waals surface area (Å²) in [5.74, 6) is 6.58. The van der Waals surface area contributed by atoms with Gasteiger partial charge in [-0.3, -0.25) is 0 Å². The van der Waals surface area contributed by atoms with Gasteiger partial charge in [-0.25, -0.2) is 8.78 Å². The Hall–Kier alpha value is -1.56. The van der Waals surface area contributed by atoms with Crippen molar-refractivity contribution in [2.75, 3.05) is 0 Å². The first kappa shape index (κ1) is 18.8. The molecule has 0 aromatic heterocycles. The second-order valence-electron chi connectivity index (χ2n) is 6.72. The molecule has 1 atom stereocenters. The lowest BCUT2D eigenvalue weighted by molar-refractivity contribution is 0.267. The van der Waals surface area contributed by atoms with Crippen LogP contribution < -0.4 is 0 Å². The van der Waals surface area contributed by atoms with E-state index < -0.39 is 11.6 Å². The van der Waals surface area contributed by atoms with E-state index in [1.807, 2.05) is 5.16 Å². The Morgan fingerprint density at radius 3 is 2.54 bits per heavy atom. The Labute approximate surface area is 148 Å². The van der Waals surface area contributed by atoms with Crippen molar-refractivity contribution in [2.45, 2.75) is 52.4 Å². The molecule has 1 fully saturated rings. The van der Waals surface area contributed by atoms with Gasteiger partial charge in [-0.05, 0) is 62.2 Å². The summed E-state index contributed by atoms with van der Waals surface area (Å²) in [6.45, 7) is 4.54. The molecular weight excluding hydrogens is 324 g/mol. The van der Waals surface area contributed by atoms with Gasteiger partial charge in [-0.15, -0.1) is 0 Å². The second-order valence-corrected chi connectivity index (χ2v) is 6.91. The van der Waals surface area contributed by atoms with E-state index in [9.17, 15) is 8.78 Å². The number of aliphatic imine (C=N–C) groups is 1. The molecule has 1 aliphatic rings. The number of thiocarbonyl (C=S) groups is 1. The Morgan fingerprint density at radius 1 is 1.21 bits per heavy atom. The average Bonchev–Trinajstić information content (AvgIpc) is 2.58. The number of nitrogens with zero attached hydrogens (tertiary/aromatic N) is 1. The first-order chi connectivity index (χ1) is 11.5. The summed E-state index contributed by atoms with van der Waals surface area (Å²) in [6.07, 6.45) is 6.98. The third-order valence-corrected chi connectivity index (χ3v) is 4.98. The van der Waals surface area contributed by atoms with Crippen molar-refractivity contribution in [3.05, 3.63) is 29.3 Å². The van der Waals surface area contributed by atoms with Crippen molar-refractivity contribution in [2.24, 2.45) is 22.7 Å². The Morgan fingerprint density at radius 2 is 1.92 bits per heavy atom. The van der Waals surface area contributed by atoms with Crippen molar-refractivity contribution < 1.29 is 8.78 Å². The van der Waals surface area contributed by atoms with E-state index in [0.717, 1.165) is 36.8 Å². The number of isothiocyanates is 1. The highest BCUT2D eigenvalue weighted by molar-refractivity contribution is 7.78. The summed E-state index contributed by atoms with van der Waals surface area (Å²) < 4.78 is 27.7. The standard InChI is InChI=1S/C20H23F2NS/c1-3-14(2)10-16-6-4-15(5-7-16)8-9-17-11-19(22)20(23-13-24)12-18(17)21/h11-12,14-16H,3-7,10H2,1-2H3. The molecule has 0 heterocycles. The molecule has 0 bridgehead atoms. The average molecular weight is 347 g/mol. The van der Waals surface area contributed by atoms with E-state index in [1.54, 1.807) is 0 Å². The van der Waals surface area contributed by atoms with Gasteiger partial charge in [0.1, 0.15) is 11.5 Å². The summed E-state index contributed by atoms with van der Waals surface area (Å²) in [4.78, 5) is 3.50. The molecule has 1 aromatic rings. The van der Waals surface area contributed by atoms with Crippen LogP contribution in [0.15, 0.2) is 17.1 Å². The van der Waals surface area contributed by atoms with Crippen LogP contribution in [-0.4, -0.2) is 5.16 Å². The zero-order valence-electron chi connectivity index (χ0n) is 14.2. The van der Waals surface area contributed by atoms with Gasteiger partial charge in [0, 0.05) is 12.0 Å². The van der Waals surface area contributed by atoms with Crippen LogP contribution in [0.25, 0.3) is 0 Å². The number of hydrogen-bond acceptors (Lipinski definition) is 2. The fourth-order valence-electron chi connectivity index (χ4n) is 3.22. The van der Waals surface area contributed by atoms with Crippen molar-refractivity contribution in [3.8, 4) is 11.8 Å². The van der Waals surface area contributed by atoms with E-state index in [0.29, 0.717) is 0 Å². The monoisotopic (exact) mass is 347 g/mol. The molecule has 0 saturated heterocycles. The maximum Gasteiger partial charge on any atom is 0.151 e. The molecule has 0 N–H and O–H groups in total. The van der Waals surface area contributed by atoms with Crippen LogP contribution in [0, 0.1) is 41.2 Å². The topological polar surface area (TPSA) is 12.4 Å². The molecule has 0 aliphatic heterocycles. The molecule has 4 heteroatoms. The second kappa shape index (κ2) is 9.06. The molecular formula is C20H23F2NS. The highest BCUT2D eigenvalue weighted by Gasteiger charge is 2.21. The number of hydrogen-bond donors (Lipinski definition) is 0. The molecule has 0 spiro atoms. The summed E-state index contributed by atoms with van der Waals surface area (Å²) in [5.41, 5.74) is -0.0591. The molecule has 0 amide bonds. The summed E-state index contributed by atoms with van der Waals surface area (Å²) >= 11 is 4.42. The summed E-state index contributed by atoms with van der Waals surface area (Å²) in [7, 11) is 0. The molecule has 1 aliphatic carbocycles. The SMILES string of the molecule is CCC(C)CC1CCC(C#Cc2cc(F)c(N=C=S)cc2F)CC1. The lowest BCUT2D eigenvalue weighted by Gasteiger charge is -2.27. The van der Waals surface area contributed by atoms with Gasteiger partial charge in [0.05, 0.1) is 10.7 Å². The maximum atomic E-state index is 14.0. The molecule has 24 heavy (non-hydrogen) atoms. The smallest absolute Gasteiger partial charge is 0.151 e. The highest BCUT2D eigenvalue weighted by atomic mass is 32.1. The molecule has 128 valence electrons. The predicted molar refractivity (Wildman–Crippen MR) is 97.4 cm³/mol. The first-order valence-corrected chi connectivity index (χ1v) is 9.02. The van der Waals surface area contributed by atoms with Crippen molar-refractivity contribution in [1.82, 2.24) is 0 Å². The normalized spacial score (nSPS) is 21.3. The van der Waals surface area contributed by atoms with E-state index in [1.165, 1.54) is 25.7 Å². The quantitative estimate of drug-likeness (QED) is 0.354. The number of rotatable bonds is 4. The zero-order valence-corrected chi connectivity index (χ0v) is 15.1. The third kappa shape index (κ3) is 5.23. The Bertz CT molecular complexity index is 675. The summed E-state index contributed by atoms with van der Waals surface area (Å²) in [5, 5.41) is 2.04. The van der Waals surface area contributed by atoms with Gasteiger partial charge in [-0.1, -0.05) is 32.1 Å². The van der Waals surface area contributed by atoms with Crippen molar-refractivity contribution in [3.63, 3.8) is 0 Å². The summed E-state index contributed by atoms with van der Waals surface area (Å²) in [6, 6.07) is 2.10. The minimum Gasteiger partial charge on any atom is -0.206 e. The molecule has 1 aromatic carbocycles. The Balaban J connectivity index is 1.99. The molecule has 1 saturated carbocycles. The van der Waals surface area contributed by atoms with Crippen LogP contribution in [0.2, 0.25) is 0 Å². The molecule has 2 rings (SSSR count). The zero-order chi connectivity index (χ0) is 17.5. The minimum absolute atomic E-state index is 0.0811. The van der Waals surface area contributed by atoms with Gasteiger partial charge in [0.25, 0.3) is 0 Å². The fraction of sp³-hybridized carbons (Fsp3) is 0.550. The van der Waals surface area contributed by atoms with E-state index in [-0.39, 0.29) is 17.2 Å². The first-order valence-electron chi connectivity index (χ1n) is 8.61.